The molecule has 6 nitrogen and oxygen atoms in total. The van der Waals surface area contributed by atoms with Gasteiger partial charge in [-0.25, -0.2) is 0 Å². The summed E-state index contributed by atoms with van der Waals surface area (Å²) in [5.41, 5.74) is 1.68. The maximum absolute atomic E-state index is 13.1. The summed E-state index contributed by atoms with van der Waals surface area (Å²) in [4.78, 5) is 30.0. The average Bonchev–Trinajstić information content (AvgIpc) is 2.75. The van der Waals surface area contributed by atoms with Gasteiger partial charge in [0, 0.05) is 37.6 Å². The first-order chi connectivity index (χ1) is 13.8. The number of nitrogens with one attached hydrogen (secondary N) is 1. The van der Waals surface area contributed by atoms with E-state index in [9.17, 15) is 9.59 Å². The predicted octanol–water partition coefficient (Wildman–Crippen LogP) is 3.32. The minimum atomic E-state index is -1.13. The second-order valence-corrected chi connectivity index (χ2v) is 7.87. The molecule has 2 aromatic carbocycles. The molecule has 1 saturated heterocycles. The van der Waals surface area contributed by atoms with E-state index in [-0.39, 0.29) is 11.8 Å². The SMILES string of the molecule is COc1ccc(N2CCN(C(=O)C(C)(C)C(=O)Nc3ccccc3C)CC2)cc1. The third-order valence-corrected chi connectivity index (χ3v) is 5.50. The molecule has 1 aliphatic rings. The molecule has 0 spiro atoms. The molecule has 0 saturated carbocycles. The molecule has 154 valence electrons. The van der Waals surface area contributed by atoms with E-state index >= 15 is 0 Å². The van der Waals surface area contributed by atoms with Crippen LogP contribution in [0.15, 0.2) is 48.5 Å². The number of piperazine rings is 1. The van der Waals surface area contributed by atoms with Crippen molar-refractivity contribution in [1.82, 2.24) is 4.90 Å². The molecule has 0 aliphatic carbocycles. The molecule has 6 heteroatoms. The van der Waals surface area contributed by atoms with E-state index in [0.717, 1.165) is 35.8 Å². The third kappa shape index (κ3) is 4.53. The molecule has 1 aliphatic heterocycles. The normalized spacial score (nSPS) is 14.5. The Balaban J connectivity index is 1.61. The number of benzene rings is 2. The molecule has 2 aromatic rings. The summed E-state index contributed by atoms with van der Waals surface area (Å²) >= 11 is 0. The quantitative estimate of drug-likeness (QED) is 0.789. The van der Waals surface area contributed by atoms with Crippen LogP contribution in [0.1, 0.15) is 19.4 Å². The fraction of sp³-hybridized carbons (Fsp3) is 0.391. The van der Waals surface area contributed by atoms with Gasteiger partial charge in [0.2, 0.25) is 11.8 Å². The van der Waals surface area contributed by atoms with E-state index in [1.165, 1.54) is 0 Å². The van der Waals surface area contributed by atoms with Crippen molar-refractivity contribution in [2.24, 2.45) is 5.41 Å². The summed E-state index contributed by atoms with van der Waals surface area (Å²) in [6.45, 7) is 7.96. The van der Waals surface area contributed by atoms with Crippen LogP contribution >= 0.6 is 0 Å². The van der Waals surface area contributed by atoms with Gasteiger partial charge in [-0.05, 0) is 56.7 Å². The van der Waals surface area contributed by atoms with Gasteiger partial charge in [-0.15, -0.1) is 0 Å². The minimum absolute atomic E-state index is 0.141. The topological polar surface area (TPSA) is 61.9 Å². The van der Waals surface area contributed by atoms with Gasteiger partial charge in [0.25, 0.3) is 0 Å². The van der Waals surface area contributed by atoms with Gasteiger partial charge in [-0.3, -0.25) is 9.59 Å². The Morgan fingerprint density at radius 1 is 0.966 bits per heavy atom. The summed E-state index contributed by atoms with van der Waals surface area (Å²) in [6.07, 6.45) is 0. The lowest BCUT2D eigenvalue weighted by atomic mass is 9.89. The van der Waals surface area contributed by atoms with Crippen LogP contribution in [-0.2, 0) is 9.59 Å². The Kier molecular flexibility index (Phi) is 6.11. The van der Waals surface area contributed by atoms with E-state index in [1.54, 1.807) is 25.9 Å². The van der Waals surface area contributed by atoms with Crippen molar-refractivity contribution in [2.45, 2.75) is 20.8 Å². The maximum Gasteiger partial charge on any atom is 0.239 e. The summed E-state index contributed by atoms with van der Waals surface area (Å²) in [5, 5.41) is 2.91. The zero-order chi connectivity index (χ0) is 21.0. The van der Waals surface area contributed by atoms with Crippen molar-refractivity contribution < 1.29 is 14.3 Å². The number of aryl methyl sites for hydroxylation is 1. The lowest BCUT2D eigenvalue weighted by molar-refractivity contribution is -0.146. The van der Waals surface area contributed by atoms with Gasteiger partial charge in [-0.1, -0.05) is 18.2 Å². The number of hydrogen-bond acceptors (Lipinski definition) is 4. The van der Waals surface area contributed by atoms with Crippen molar-refractivity contribution in [3.05, 3.63) is 54.1 Å². The van der Waals surface area contributed by atoms with E-state index in [0.29, 0.717) is 13.1 Å². The molecule has 29 heavy (non-hydrogen) atoms. The van der Waals surface area contributed by atoms with E-state index in [2.05, 4.69) is 10.2 Å². The number of carbonyl (C=O) groups excluding carboxylic acids is 2. The van der Waals surface area contributed by atoms with Crippen LogP contribution < -0.4 is 15.0 Å². The van der Waals surface area contributed by atoms with Gasteiger partial charge in [0.05, 0.1) is 7.11 Å². The summed E-state index contributed by atoms with van der Waals surface area (Å²) < 4.78 is 5.21. The molecule has 0 aromatic heterocycles. The Bertz CT molecular complexity index is 869. The predicted molar refractivity (Wildman–Crippen MR) is 115 cm³/mol. The zero-order valence-corrected chi connectivity index (χ0v) is 17.6. The largest absolute Gasteiger partial charge is 0.497 e. The number of hydrogen-bond donors (Lipinski definition) is 1. The van der Waals surface area contributed by atoms with Gasteiger partial charge < -0.3 is 19.9 Å². The number of nitrogens with zero attached hydrogens (tertiary/aromatic N) is 2. The fourth-order valence-corrected chi connectivity index (χ4v) is 3.44. The number of para-hydroxylation sites is 1. The van der Waals surface area contributed by atoms with Crippen LogP contribution in [-0.4, -0.2) is 50.0 Å². The molecular weight excluding hydrogens is 366 g/mol. The first kappa shape index (κ1) is 20.7. The Hall–Kier alpha value is -3.02. The summed E-state index contributed by atoms with van der Waals surface area (Å²) in [6, 6.07) is 15.5. The van der Waals surface area contributed by atoms with Crippen LogP contribution in [0.4, 0.5) is 11.4 Å². The number of anilines is 2. The third-order valence-electron chi connectivity index (χ3n) is 5.50. The Morgan fingerprint density at radius 2 is 1.59 bits per heavy atom. The maximum atomic E-state index is 13.1. The van der Waals surface area contributed by atoms with Crippen LogP contribution in [0, 0.1) is 12.3 Å². The molecule has 2 amide bonds. The molecular formula is C23H29N3O3. The lowest BCUT2D eigenvalue weighted by Gasteiger charge is -2.39. The molecule has 0 unspecified atom stereocenters. The Morgan fingerprint density at radius 3 is 2.17 bits per heavy atom. The molecule has 3 rings (SSSR count). The molecule has 1 N–H and O–H groups in total. The number of ether oxygens (including phenoxy) is 1. The minimum Gasteiger partial charge on any atom is -0.497 e. The summed E-state index contributed by atoms with van der Waals surface area (Å²) in [5.74, 6) is 0.399. The van der Waals surface area contributed by atoms with E-state index in [4.69, 9.17) is 4.74 Å². The van der Waals surface area contributed by atoms with Gasteiger partial charge in [0.15, 0.2) is 0 Å². The molecule has 0 radical (unpaired) electrons. The monoisotopic (exact) mass is 395 g/mol. The highest BCUT2D eigenvalue weighted by Gasteiger charge is 2.40. The highest BCUT2D eigenvalue weighted by Crippen LogP contribution is 2.26. The van der Waals surface area contributed by atoms with Crippen LogP contribution in [0.3, 0.4) is 0 Å². The van der Waals surface area contributed by atoms with Crippen molar-refractivity contribution in [2.75, 3.05) is 43.5 Å². The first-order valence-corrected chi connectivity index (χ1v) is 9.88. The fourth-order valence-electron chi connectivity index (χ4n) is 3.44. The second-order valence-electron chi connectivity index (χ2n) is 7.87. The Labute approximate surface area is 172 Å². The molecule has 1 heterocycles. The molecule has 0 atom stereocenters. The highest BCUT2D eigenvalue weighted by molar-refractivity contribution is 6.10. The number of carbonyl (C=O) groups is 2. The van der Waals surface area contributed by atoms with E-state index < -0.39 is 5.41 Å². The molecule has 0 bridgehead atoms. The van der Waals surface area contributed by atoms with E-state index in [1.807, 2.05) is 55.5 Å². The second kappa shape index (κ2) is 8.55. The van der Waals surface area contributed by atoms with Gasteiger partial charge >= 0.3 is 0 Å². The van der Waals surface area contributed by atoms with Crippen molar-refractivity contribution in [3.8, 4) is 5.75 Å². The number of rotatable bonds is 5. The zero-order valence-electron chi connectivity index (χ0n) is 17.6. The van der Waals surface area contributed by atoms with Crippen molar-refractivity contribution in [1.29, 1.82) is 0 Å². The molecule has 1 fully saturated rings. The van der Waals surface area contributed by atoms with Crippen LogP contribution in [0.2, 0.25) is 0 Å². The highest BCUT2D eigenvalue weighted by atomic mass is 16.5. The van der Waals surface area contributed by atoms with Crippen LogP contribution in [0.5, 0.6) is 5.75 Å². The van der Waals surface area contributed by atoms with Crippen LogP contribution in [0.25, 0.3) is 0 Å². The van der Waals surface area contributed by atoms with Gasteiger partial charge in [0.1, 0.15) is 11.2 Å². The number of amides is 2. The standard InChI is InChI=1S/C23H29N3O3/c1-17-7-5-6-8-20(17)24-21(27)23(2,3)22(28)26-15-13-25(14-16-26)18-9-11-19(29-4)12-10-18/h5-12H,13-16H2,1-4H3,(H,24,27). The average molecular weight is 396 g/mol. The van der Waals surface area contributed by atoms with Crippen molar-refractivity contribution >= 4 is 23.2 Å². The van der Waals surface area contributed by atoms with Gasteiger partial charge in [-0.2, -0.15) is 0 Å². The lowest BCUT2D eigenvalue weighted by Crippen LogP contribution is -2.54. The van der Waals surface area contributed by atoms with Crippen molar-refractivity contribution in [3.63, 3.8) is 0 Å². The smallest absolute Gasteiger partial charge is 0.239 e. The summed E-state index contributed by atoms with van der Waals surface area (Å²) in [7, 11) is 1.65. The number of methoxy groups -OCH3 is 1. The first-order valence-electron chi connectivity index (χ1n) is 9.88.